The lowest BCUT2D eigenvalue weighted by Crippen LogP contribution is -2.37. The molecular weight excluding hydrogens is 232 g/mol. The lowest BCUT2D eigenvalue weighted by Gasteiger charge is -2.20. The quantitative estimate of drug-likeness (QED) is 0.777. The Labute approximate surface area is 105 Å². The van der Waals surface area contributed by atoms with Gasteiger partial charge in [-0.2, -0.15) is 0 Å². The first-order valence-corrected chi connectivity index (χ1v) is 5.90. The van der Waals surface area contributed by atoms with E-state index in [2.05, 4.69) is 15.6 Å². The molecule has 0 unspecified atom stereocenters. The minimum absolute atomic E-state index is 0.110. The van der Waals surface area contributed by atoms with Crippen molar-refractivity contribution in [1.29, 1.82) is 0 Å². The van der Waals surface area contributed by atoms with Gasteiger partial charge in [0.2, 0.25) is 5.91 Å². The van der Waals surface area contributed by atoms with Crippen LogP contribution in [0.1, 0.15) is 16.8 Å². The molecule has 6 nitrogen and oxygen atoms in total. The van der Waals surface area contributed by atoms with Gasteiger partial charge in [-0.3, -0.25) is 14.6 Å². The van der Waals surface area contributed by atoms with Gasteiger partial charge in [-0.05, 0) is 12.5 Å². The zero-order chi connectivity index (χ0) is 13.0. The standard InChI is InChI=1S/C12H16N4O2/c1-13-10-7-14-5-3-9(10)12(18)16-6-2-4-15-11(17)8-16/h3,5,7,13H,2,4,6,8H2,1H3,(H,15,17). The van der Waals surface area contributed by atoms with Crippen molar-refractivity contribution in [2.45, 2.75) is 6.42 Å². The first-order chi connectivity index (χ1) is 8.72. The van der Waals surface area contributed by atoms with Crippen molar-refractivity contribution in [2.75, 3.05) is 32.0 Å². The summed E-state index contributed by atoms with van der Waals surface area (Å²) in [4.78, 5) is 29.3. The molecule has 1 saturated heterocycles. The van der Waals surface area contributed by atoms with Gasteiger partial charge in [0.05, 0.1) is 24.0 Å². The van der Waals surface area contributed by atoms with Crippen LogP contribution in [-0.4, -0.2) is 48.4 Å². The minimum atomic E-state index is -0.140. The summed E-state index contributed by atoms with van der Waals surface area (Å²) < 4.78 is 0. The summed E-state index contributed by atoms with van der Waals surface area (Å²) in [6, 6.07) is 1.66. The smallest absolute Gasteiger partial charge is 0.256 e. The van der Waals surface area contributed by atoms with Gasteiger partial charge in [0, 0.05) is 26.3 Å². The Kier molecular flexibility index (Phi) is 3.76. The molecule has 1 aromatic rings. The molecule has 0 atom stereocenters. The number of amides is 2. The molecule has 18 heavy (non-hydrogen) atoms. The first kappa shape index (κ1) is 12.3. The number of carbonyl (C=O) groups excluding carboxylic acids is 2. The second-order valence-electron chi connectivity index (χ2n) is 4.10. The Balaban J connectivity index is 2.21. The van der Waals surface area contributed by atoms with Crippen LogP contribution in [-0.2, 0) is 4.79 Å². The molecule has 0 aliphatic carbocycles. The molecule has 1 fully saturated rings. The van der Waals surface area contributed by atoms with E-state index in [1.165, 1.54) is 0 Å². The van der Waals surface area contributed by atoms with Crippen molar-refractivity contribution in [1.82, 2.24) is 15.2 Å². The molecule has 1 aliphatic heterocycles. The Hall–Kier alpha value is -2.11. The second kappa shape index (κ2) is 5.48. The largest absolute Gasteiger partial charge is 0.386 e. The Bertz CT molecular complexity index is 461. The molecule has 6 heteroatoms. The molecule has 2 amide bonds. The zero-order valence-electron chi connectivity index (χ0n) is 10.3. The third-order valence-electron chi connectivity index (χ3n) is 2.87. The van der Waals surface area contributed by atoms with E-state index in [9.17, 15) is 9.59 Å². The van der Waals surface area contributed by atoms with E-state index in [1.54, 1.807) is 30.4 Å². The summed E-state index contributed by atoms with van der Waals surface area (Å²) in [7, 11) is 1.74. The van der Waals surface area contributed by atoms with E-state index in [4.69, 9.17) is 0 Å². The third kappa shape index (κ3) is 2.58. The average molecular weight is 248 g/mol. The van der Waals surface area contributed by atoms with Crippen molar-refractivity contribution in [3.63, 3.8) is 0 Å². The SMILES string of the molecule is CNc1cnccc1C(=O)N1CCCNC(=O)C1. The summed E-state index contributed by atoms with van der Waals surface area (Å²) in [5.74, 6) is -0.250. The van der Waals surface area contributed by atoms with E-state index in [-0.39, 0.29) is 18.4 Å². The van der Waals surface area contributed by atoms with Crippen molar-refractivity contribution in [3.8, 4) is 0 Å². The van der Waals surface area contributed by atoms with Crippen LogP contribution in [0.2, 0.25) is 0 Å². The van der Waals surface area contributed by atoms with Gasteiger partial charge in [0.25, 0.3) is 5.91 Å². The summed E-state index contributed by atoms with van der Waals surface area (Å²) in [5, 5.41) is 5.68. The Morgan fingerprint density at radius 2 is 2.39 bits per heavy atom. The number of nitrogens with zero attached hydrogens (tertiary/aromatic N) is 2. The van der Waals surface area contributed by atoms with Crippen LogP contribution in [0.25, 0.3) is 0 Å². The van der Waals surface area contributed by atoms with Crippen molar-refractivity contribution in [2.24, 2.45) is 0 Å². The van der Waals surface area contributed by atoms with Crippen LogP contribution in [0.15, 0.2) is 18.5 Å². The highest BCUT2D eigenvalue weighted by Crippen LogP contribution is 2.15. The van der Waals surface area contributed by atoms with Crippen molar-refractivity contribution >= 4 is 17.5 Å². The highest BCUT2D eigenvalue weighted by Gasteiger charge is 2.22. The monoisotopic (exact) mass is 248 g/mol. The fraction of sp³-hybridized carbons (Fsp3) is 0.417. The minimum Gasteiger partial charge on any atom is -0.386 e. The molecule has 0 radical (unpaired) electrons. The number of rotatable bonds is 2. The van der Waals surface area contributed by atoms with Crippen LogP contribution >= 0.6 is 0 Å². The van der Waals surface area contributed by atoms with Gasteiger partial charge >= 0.3 is 0 Å². The fourth-order valence-electron chi connectivity index (χ4n) is 1.93. The number of hydrogen-bond donors (Lipinski definition) is 2. The van der Waals surface area contributed by atoms with E-state index in [0.717, 1.165) is 6.42 Å². The van der Waals surface area contributed by atoms with E-state index >= 15 is 0 Å². The summed E-state index contributed by atoms with van der Waals surface area (Å²) in [6.07, 6.45) is 3.95. The molecule has 1 aliphatic rings. The average Bonchev–Trinajstić information content (AvgIpc) is 2.62. The maximum absolute atomic E-state index is 12.4. The fourth-order valence-corrected chi connectivity index (χ4v) is 1.93. The van der Waals surface area contributed by atoms with Crippen LogP contribution in [0.3, 0.4) is 0 Å². The second-order valence-corrected chi connectivity index (χ2v) is 4.10. The molecule has 0 spiro atoms. The van der Waals surface area contributed by atoms with Gasteiger partial charge in [-0.25, -0.2) is 0 Å². The van der Waals surface area contributed by atoms with Crippen molar-refractivity contribution < 1.29 is 9.59 Å². The van der Waals surface area contributed by atoms with Crippen LogP contribution in [0.4, 0.5) is 5.69 Å². The number of hydrogen-bond acceptors (Lipinski definition) is 4. The van der Waals surface area contributed by atoms with Crippen LogP contribution in [0, 0.1) is 0 Å². The summed E-state index contributed by atoms with van der Waals surface area (Å²) in [5.41, 5.74) is 1.22. The Morgan fingerprint density at radius 3 is 3.17 bits per heavy atom. The van der Waals surface area contributed by atoms with Crippen LogP contribution < -0.4 is 10.6 Å². The molecule has 2 heterocycles. The maximum atomic E-state index is 12.4. The van der Waals surface area contributed by atoms with Gasteiger partial charge in [-0.1, -0.05) is 0 Å². The van der Waals surface area contributed by atoms with E-state index < -0.39 is 0 Å². The first-order valence-electron chi connectivity index (χ1n) is 5.90. The van der Waals surface area contributed by atoms with Gasteiger partial charge in [0.15, 0.2) is 0 Å². The topological polar surface area (TPSA) is 74.3 Å². The van der Waals surface area contributed by atoms with Gasteiger partial charge in [-0.15, -0.1) is 0 Å². The predicted molar refractivity (Wildman–Crippen MR) is 67.3 cm³/mol. The normalized spacial score (nSPS) is 15.8. The molecule has 0 bridgehead atoms. The summed E-state index contributed by atoms with van der Waals surface area (Å²) >= 11 is 0. The molecule has 96 valence electrons. The lowest BCUT2D eigenvalue weighted by atomic mass is 10.2. The number of anilines is 1. The highest BCUT2D eigenvalue weighted by atomic mass is 16.2. The lowest BCUT2D eigenvalue weighted by molar-refractivity contribution is -0.121. The number of carbonyl (C=O) groups is 2. The molecule has 2 N–H and O–H groups in total. The Morgan fingerprint density at radius 1 is 1.56 bits per heavy atom. The molecule has 2 rings (SSSR count). The van der Waals surface area contributed by atoms with Crippen molar-refractivity contribution in [3.05, 3.63) is 24.0 Å². The maximum Gasteiger partial charge on any atom is 0.256 e. The molecular formula is C12H16N4O2. The van der Waals surface area contributed by atoms with Gasteiger partial charge in [0.1, 0.15) is 0 Å². The molecule has 1 aromatic heterocycles. The summed E-state index contributed by atoms with van der Waals surface area (Å²) in [6.45, 7) is 1.32. The number of pyridine rings is 1. The zero-order valence-corrected chi connectivity index (χ0v) is 10.3. The molecule has 0 aromatic carbocycles. The van der Waals surface area contributed by atoms with Gasteiger partial charge < -0.3 is 15.5 Å². The number of aromatic nitrogens is 1. The van der Waals surface area contributed by atoms with E-state index in [0.29, 0.717) is 24.3 Å². The number of nitrogens with one attached hydrogen (secondary N) is 2. The molecule has 0 saturated carbocycles. The van der Waals surface area contributed by atoms with E-state index in [1.807, 2.05) is 0 Å². The third-order valence-corrected chi connectivity index (χ3v) is 2.87. The highest BCUT2D eigenvalue weighted by molar-refractivity contribution is 6.01. The van der Waals surface area contributed by atoms with Crippen LogP contribution in [0.5, 0.6) is 0 Å². The predicted octanol–water partition coefficient (Wildman–Crippen LogP) is 0.0854.